The number of nitrogens with two attached hydrogens (primary N) is 2. The number of aromatic nitrogens is 2. The van der Waals surface area contributed by atoms with Crippen molar-refractivity contribution in [2.45, 2.75) is 26.7 Å². The van der Waals surface area contributed by atoms with E-state index in [9.17, 15) is 0 Å². The molecule has 0 amide bonds. The third-order valence-corrected chi connectivity index (χ3v) is 3.16. The van der Waals surface area contributed by atoms with Crippen molar-refractivity contribution in [3.63, 3.8) is 0 Å². The summed E-state index contributed by atoms with van der Waals surface area (Å²) in [5.74, 6) is 8.27. The molecule has 1 aromatic carbocycles. The second-order valence-corrected chi connectivity index (χ2v) is 4.91. The molecule has 0 aliphatic rings. The van der Waals surface area contributed by atoms with Crippen molar-refractivity contribution in [3.05, 3.63) is 29.6 Å². The summed E-state index contributed by atoms with van der Waals surface area (Å²) >= 11 is 0. The van der Waals surface area contributed by atoms with E-state index in [1.54, 1.807) is 7.11 Å². The van der Waals surface area contributed by atoms with Gasteiger partial charge in [0, 0.05) is 11.5 Å². The second kappa shape index (κ2) is 4.84. The lowest BCUT2D eigenvalue weighted by molar-refractivity contribution is 0.412. The summed E-state index contributed by atoms with van der Waals surface area (Å²) in [7, 11) is 1.65. The van der Waals surface area contributed by atoms with Crippen molar-refractivity contribution in [2.75, 3.05) is 18.7 Å². The van der Waals surface area contributed by atoms with Crippen LogP contribution in [0.4, 0.5) is 5.82 Å². The van der Waals surface area contributed by atoms with Gasteiger partial charge in [-0.25, -0.2) is 9.66 Å². The van der Waals surface area contributed by atoms with Crippen molar-refractivity contribution in [2.24, 2.45) is 0 Å². The van der Waals surface area contributed by atoms with Crippen LogP contribution in [0.1, 0.15) is 31.2 Å². The molecule has 0 bridgehead atoms. The molecule has 19 heavy (non-hydrogen) atoms. The van der Waals surface area contributed by atoms with E-state index in [2.05, 4.69) is 4.98 Å². The zero-order valence-corrected chi connectivity index (χ0v) is 11.8. The normalized spacial score (nSPS) is 11.0. The minimum atomic E-state index is 0.223. The number of anilines is 1. The fraction of sp³-hybridized carbons (Fsp3) is 0.357. The van der Waals surface area contributed by atoms with Crippen LogP contribution in [-0.2, 0) is 0 Å². The highest BCUT2D eigenvalue weighted by Crippen LogP contribution is 2.30. The first kappa shape index (κ1) is 13.3. The summed E-state index contributed by atoms with van der Waals surface area (Å²) in [6, 6.07) is 5.85. The zero-order chi connectivity index (χ0) is 14.2. The summed E-state index contributed by atoms with van der Waals surface area (Å²) < 4.78 is 6.71. The Kier molecular flexibility index (Phi) is 3.38. The van der Waals surface area contributed by atoms with Gasteiger partial charge in [0.2, 0.25) is 0 Å². The van der Waals surface area contributed by atoms with E-state index < -0.39 is 0 Å². The molecular weight excluding hydrogens is 240 g/mol. The van der Waals surface area contributed by atoms with Crippen LogP contribution < -0.4 is 16.3 Å². The molecule has 0 atom stereocenters. The van der Waals surface area contributed by atoms with Gasteiger partial charge in [0.25, 0.3) is 0 Å². The molecule has 0 unspecified atom stereocenters. The lowest BCUT2D eigenvalue weighted by Gasteiger charge is -2.06. The van der Waals surface area contributed by atoms with E-state index in [4.69, 9.17) is 16.3 Å². The Labute approximate surface area is 113 Å². The van der Waals surface area contributed by atoms with Crippen LogP contribution in [0.25, 0.3) is 11.3 Å². The van der Waals surface area contributed by atoms with Gasteiger partial charge >= 0.3 is 0 Å². The molecule has 0 aliphatic heterocycles. The molecular formula is C14H20N4O. The number of methoxy groups -OCH3 is 1. The number of benzene rings is 1. The molecule has 0 saturated heterocycles. The van der Waals surface area contributed by atoms with Gasteiger partial charge in [-0.15, -0.1) is 0 Å². The standard InChI is InChI=1S/C14H20N4O/c1-8(2)14-17-12(13(15)18(14)16)10-5-6-11(19-4)9(3)7-10/h5-8H,15-16H2,1-4H3. The average Bonchev–Trinajstić information content (AvgIpc) is 2.66. The van der Waals surface area contributed by atoms with Crippen LogP contribution >= 0.6 is 0 Å². The van der Waals surface area contributed by atoms with Gasteiger partial charge in [0.05, 0.1) is 7.11 Å². The lowest BCUT2D eigenvalue weighted by Crippen LogP contribution is -2.16. The second-order valence-electron chi connectivity index (χ2n) is 4.91. The minimum absolute atomic E-state index is 0.223. The summed E-state index contributed by atoms with van der Waals surface area (Å²) in [6.07, 6.45) is 0. The molecule has 5 heteroatoms. The third-order valence-electron chi connectivity index (χ3n) is 3.16. The number of imidazole rings is 1. The van der Waals surface area contributed by atoms with Crippen LogP contribution in [0, 0.1) is 6.92 Å². The highest BCUT2D eigenvalue weighted by Gasteiger charge is 2.17. The summed E-state index contributed by atoms with van der Waals surface area (Å²) in [5, 5.41) is 0. The summed E-state index contributed by atoms with van der Waals surface area (Å²) in [6.45, 7) is 6.06. The van der Waals surface area contributed by atoms with Crippen molar-refractivity contribution in [1.29, 1.82) is 0 Å². The first-order valence-electron chi connectivity index (χ1n) is 6.24. The molecule has 5 nitrogen and oxygen atoms in total. The highest BCUT2D eigenvalue weighted by molar-refractivity contribution is 5.72. The predicted molar refractivity (Wildman–Crippen MR) is 77.6 cm³/mol. The van der Waals surface area contributed by atoms with Gasteiger partial charge < -0.3 is 16.3 Å². The molecule has 0 fully saturated rings. The van der Waals surface area contributed by atoms with E-state index in [-0.39, 0.29) is 5.92 Å². The largest absolute Gasteiger partial charge is 0.496 e. The molecule has 0 spiro atoms. The number of aryl methyl sites for hydroxylation is 1. The number of hydrogen-bond acceptors (Lipinski definition) is 4. The van der Waals surface area contributed by atoms with E-state index in [0.29, 0.717) is 5.82 Å². The quantitative estimate of drug-likeness (QED) is 0.830. The fourth-order valence-electron chi connectivity index (χ4n) is 2.11. The monoisotopic (exact) mass is 260 g/mol. The Morgan fingerprint density at radius 1 is 1.32 bits per heavy atom. The summed E-state index contributed by atoms with van der Waals surface area (Å²) in [4.78, 5) is 4.55. The van der Waals surface area contributed by atoms with Crippen molar-refractivity contribution in [3.8, 4) is 17.0 Å². The van der Waals surface area contributed by atoms with Gasteiger partial charge in [-0.05, 0) is 30.7 Å². The van der Waals surface area contributed by atoms with Crippen LogP contribution in [0.3, 0.4) is 0 Å². The SMILES string of the molecule is COc1ccc(-c2nc(C(C)C)n(N)c2N)cc1C. The van der Waals surface area contributed by atoms with Gasteiger partial charge in [-0.3, -0.25) is 0 Å². The maximum absolute atomic E-state index is 6.04. The first-order chi connectivity index (χ1) is 8.95. The van der Waals surface area contributed by atoms with Gasteiger partial charge in [-0.1, -0.05) is 13.8 Å². The fourth-order valence-corrected chi connectivity index (χ4v) is 2.11. The Balaban J connectivity index is 2.53. The van der Waals surface area contributed by atoms with Crippen LogP contribution in [-0.4, -0.2) is 16.8 Å². The Hall–Kier alpha value is -2.17. The van der Waals surface area contributed by atoms with Gasteiger partial charge in [-0.2, -0.15) is 0 Å². The Bertz CT molecular complexity index is 602. The van der Waals surface area contributed by atoms with Crippen LogP contribution in [0.5, 0.6) is 5.75 Å². The van der Waals surface area contributed by atoms with Gasteiger partial charge in [0.1, 0.15) is 17.3 Å². The predicted octanol–water partition coefficient (Wildman–Crippen LogP) is 2.29. The number of hydrogen-bond donors (Lipinski definition) is 2. The number of nitrogens with zero attached hydrogens (tertiary/aromatic N) is 2. The molecule has 1 aromatic heterocycles. The molecule has 0 radical (unpaired) electrons. The Morgan fingerprint density at radius 2 is 2.00 bits per heavy atom. The zero-order valence-electron chi connectivity index (χ0n) is 11.8. The van der Waals surface area contributed by atoms with Crippen molar-refractivity contribution in [1.82, 2.24) is 9.66 Å². The van der Waals surface area contributed by atoms with E-state index >= 15 is 0 Å². The average molecular weight is 260 g/mol. The van der Waals surface area contributed by atoms with Crippen molar-refractivity contribution < 1.29 is 4.74 Å². The number of nitrogen functional groups attached to an aromatic ring is 2. The smallest absolute Gasteiger partial charge is 0.150 e. The maximum atomic E-state index is 6.04. The molecule has 2 rings (SSSR count). The van der Waals surface area contributed by atoms with E-state index in [1.165, 1.54) is 4.68 Å². The molecule has 1 heterocycles. The number of rotatable bonds is 3. The van der Waals surface area contributed by atoms with E-state index in [1.807, 2.05) is 39.0 Å². The molecule has 0 saturated carbocycles. The van der Waals surface area contributed by atoms with Crippen LogP contribution in [0.15, 0.2) is 18.2 Å². The molecule has 4 N–H and O–H groups in total. The van der Waals surface area contributed by atoms with Crippen molar-refractivity contribution >= 4 is 5.82 Å². The minimum Gasteiger partial charge on any atom is -0.496 e. The molecule has 2 aromatic rings. The highest BCUT2D eigenvalue weighted by atomic mass is 16.5. The first-order valence-corrected chi connectivity index (χ1v) is 6.24. The third kappa shape index (κ3) is 2.23. The lowest BCUT2D eigenvalue weighted by atomic mass is 10.1. The Morgan fingerprint density at radius 3 is 2.47 bits per heavy atom. The number of ether oxygens (including phenoxy) is 1. The summed E-state index contributed by atoms with van der Waals surface area (Å²) in [5.41, 5.74) is 8.74. The maximum Gasteiger partial charge on any atom is 0.150 e. The van der Waals surface area contributed by atoms with Crippen LogP contribution in [0.2, 0.25) is 0 Å². The topological polar surface area (TPSA) is 79.1 Å². The molecule has 0 aliphatic carbocycles. The van der Waals surface area contributed by atoms with E-state index in [0.717, 1.165) is 28.4 Å². The molecule has 102 valence electrons. The van der Waals surface area contributed by atoms with Gasteiger partial charge in [0.15, 0.2) is 5.82 Å².